The molecule has 21 heavy (non-hydrogen) atoms. The summed E-state index contributed by atoms with van der Waals surface area (Å²) in [4.78, 5) is 12.4. The topological polar surface area (TPSA) is 64.3 Å². The van der Waals surface area contributed by atoms with Crippen molar-refractivity contribution in [3.63, 3.8) is 0 Å². The first kappa shape index (κ1) is 15.5. The first-order chi connectivity index (χ1) is 9.92. The number of anilines is 2. The van der Waals surface area contributed by atoms with Gasteiger partial charge in [0.15, 0.2) is 0 Å². The quantitative estimate of drug-likeness (QED) is 0.834. The lowest BCUT2D eigenvalue weighted by molar-refractivity contribution is 0.102. The van der Waals surface area contributed by atoms with E-state index >= 15 is 0 Å². The summed E-state index contributed by atoms with van der Waals surface area (Å²) in [5.74, 6) is 0.151. The maximum absolute atomic E-state index is 12.4. The van der Waals surface area contributed by atoms with Gasteiger partial charge in [-0.3, -0.25) is 4.79 Å². The van der Waals surface area contributed by atoms with Gasteiger partial charge in [0.05, 0.1) is 28.4 Å². The number of hydrogen-bond donors (Lipinski definition) is 2. The molecule has 4 nitrogen and oxygen atoms in total. The fourth-order valence-corrected chi connectivity index (χ4v) is 2.31. The number of ether oxygens (including phenoxy) is 1. The molecule has 2 aromatic rings. The number of amides is 1. The van der Waals surface area contributed by atoms with Gasteiger partial charge in [-0.05, 0) is 36.8 Å². The molecule has 0 heterocycles. The lowest BCUT2D eigenvalue weighted by Gasteiger charge is -2.12. The Hall–Kier alpha value is -1.91. The molecule has 0 fully saturated rings. The Balaban J connectivity index is 2.37. The van der Waals surface area contributed by atoms with E-state index in [9.17, 15) is 4.79 Å². The maximum Gasteiger partial charge on any atom is 0.257 e. The summed E-state index contributed by atoms with van der Waals surface area (Å²) in [6.07, 6.45) is 0. The van der Waals surface area contributed by atoms with E-state index in [1.54, 1.807) is 12.1 Å². The van der Waals surface area contributed by atoms with Crippen molar-refractivity contribution in [3.8, 4) is 5.75 Å². The Labute approximate surface area is 132 Å². The fraction of sp³-hybridized carbons (Fsp3) is 0.133. The molecule has 0 aliphatic carbocycles. The molecule has 110 valence electrons. The summed E-state index contributed by atoms with van der Waals surface area (Å²) in [7, 11) is 1.53. The number of rotatable bonds is 3. The van der Waals surface area contributed by atoms with E-state index in [-0.39, 0.29) is 15.6 Å². The van der Waals surface area contributed by atoms with Crippen LogP contribution in [0.25, 0.3) is 0 Å². The predicted octanol–water partition coefficient (Wildman–Crippen LogP) is 4.14. The van der Waals surface area contributed by atoms with Crippen LogP contribution in [-0.2, 0) is 0 Å². The number of methoxy groups -OCH3 is 1. The zero-order valence-electron chi connectivity index (χ0n) is 11.5. The fourth-order valence-electron chi connectivity index (χ4n) is 1.88. The van der Waals surface area contributed by atoms with Gasteiger partial charge in [0.25, 0.3) is 5.91 Å². The number of hydrogen-bond acceptors (Lipinski definition) is 3. The minimum atomic E-state index is -0.405. The average Bonchev–Trinajstić information content (AvgIpc) is 2.43. The maximum atomic E-state index is 12.4. The van der Waals surface area contributed by atoms with Gasteiger partial charge in [0, 0.05) is 5.69 Å². The Kier molecular flexibility index (Phi) is 4.60. The molecule has 0 aromatic heterocycles. The molecule has 0 aliphatic heterocycles. The van der Waals surface area contributed by atoms with Crippen molar-refractivity contribution in [1.82, 2.24) is 0 Å². The highest BCUT2D eigenvalue weighted by Crippen LogP contribution is 2.31. The molecule has 0 atom stereocenters. The number of halogens is 2. The molecule has 1 amide bonds. The highest BCUT2D eigenvalue weighted by molar-refractivity contribution is 6.44. The number of nitrogen functional groups attached to an aromatic ring is 1. The summed E-state index contributed by atoms with van der Waals surface area (Å²) < 4.78 is 5.22. The molecule has 3 N–H and O–H groups in total. The third-order valence-corrected chi connectivity index (χ3v) is 3.70. The monoisotopic (exact) mass is 324 g/mol. The van der Waals surface area contributed by atoms with Crippen molar-refractivity contribution >= 4 is 40.5 Å². The zero-order valence-corrected chi connectivity index (χ0v) is 13.0. The van der Waals surface area contributed by atoms with Crippen LogP contribution in [0.1, 0.15) is 15.9 Å². The largest absolute Gasteiger partial charge is 0.495 e. The second kappa shape index (κ2) is 6.24. The Morgan fingerprint density at radius 2 is 1.95 bits per heavy atom. The van der Waals surface area contributed by atoms with Crippen molar-refractivity contribution in [2.24, 2.45) is 0 Å². The van der Waals surface area contributed by atoms with Gasteiger partial charge in [-0.15, -0.1) is 0 Å². The molecule has 0 saturated heterocycles. The van der Waals surface area contributed by atoms with Gasteiger partial charge in [-0.25, -0.2) is 0 Å². The highest BCUT2D eigenvalue weighted by Gasteiger charge is 2.16. The van der Waals surface area contributed by atoms with E-state index in [1.165, 1.54) is 19.2 Å². The highest BCUT2D eigenvalue weighted by atomic mass is 35.5. The van der Waals surface area contributed by atoms with E-state index in [1.807, 2.05) is 13.0 Å². The summed E-state index contributed by atoms with van der Waals surface area (Å²) in [6.45, 7) is 1.92. The van der Waals surface area contributed by atoms with E-state index in [4.69, 9.17) is 33.7 Å². The standard InChI is InChI=1S/C15H14Cl2N2O2/c1-8-3-4-13(21-2)12(5-8)19-15(20)10-6-9(18)7-11(16)14(10)17/h3-7H,18H2,1-2H3,(H,19,20). The van der Waals surface area contributed by atoms with Crippen LogP contribution in [0.2, 0.25) is 10.0 Å². The minimum Gasteiger partial charge on any atom is -0.495 e. The molecule has 0 radical (unpaired) electrons. The molecule has 2 rings (SSSR count). The van der Waals surface area contributed by atoms with Gasteiger partial charge in [0.2, 0.25) is 0 Å². The third kappa shape index (κ3) is 3.40. The second-order valence-corrected chi connectivity index (χ2v) is 5.31. The van der Waals surface area contributed by atoms with Gasteiger partial charge in [0.1, 0.15) is 5.75 Å². The van der Waals surface area contributed by atoms with Crippen LogP contribution in [0.15, 0.2) is 30.3 Å². The summed E-state index contributed by atoms with van der Waals surface area (Å²) in [5.41, 5.74) is 7.81. The van der Waals surface area contributed by atoms with Crippen LogP contribution in [0.5, 0.6) is 5.75 Å². The van der Waals surface area contributed by atoms with Crippen LogP contribution in [0, 0.1) is 6.92 Å². The summed E-state index contributed by atoms with van der Waals surface area (Å²) in [5, 5.41) is 3.15. The number of carbonyl (C=O) groups is 1. The lowest BCUT2D eigenvalue weighted by Crippen LogP contribution is -2.14. The van der Waals surface area contributed by atoms with E-state index in [2.05, 4.69) is 5.32 Å². The average molecular weight is 325 g/mol. The Morgan fingerprint density at radius 1 is 1.24 bits per heavy atom. The van der Waals surface area contributed by atoms with Crippen molar-refractivity contribution in [3.05, 3.63) is 51.5 Å². The normalized spacial score (nSPS) is 10.3. The number of nitrogens with one attached hydrogen (secondary N) is 1. The molecule has 6 heteroatoms. The number of aryl methyl sites for hydroxylation is 1. The lowest BCUT2D eigenvalue weighted by atomic mass is 10.1. The van der Waals surface area contributed by atoms with Gasteiger partial charge in [-0.1, -0.05) is 29.3 Å². The van der Waals surface area contributed by atoms with Gasteiger partial charge >= 0.3 is 0 Å². The Morgan fingerprint density at radius 3 is 2.62 bits per heavy atom. The molecular formula is C15H14Cl2N2O2. The van der Waals surface area contributed by atoms with Crippen molar-refractivity contribution in [2.45, 2.75) is 6.92 Å². The van der Waals surface area contributed by atoms with E-state index in [0.717, 1.165) is 5.56 Å². The molecule has 2 aromatic carbocycles. The SMILES string of the molecule is COc1ccc(C)cc1NC(=O)c1cc(N)cc(Cl)c1Cl. The third-order valence-electron chi connectivity index (χ3n) is 2.90. The minimum absolute atomic E-state index is 0.162. The Bertz CT molecular complexity index is 702. The van der Waals surface area contributed by atoms with Crippen molar-refractivity contribution in [2.75, 3.05) is 18.2 Å². The van der Waals surface area contributed by atoms with Crippen molar-refractivity contribution in [1.29, 1.82) is 0 Å². The smallest absolute Gasteiger partial charge is 0.257 e. The molecule has 0 aliphatic rings. The molecule has 0 bridgehead atoms. The first-order valence-electron chi connectivity index (χ1n) is 6.13. The van der Waals surface area contributed by atoms with Crippen LogP contribution >= 0.6 is 23.2 Å². The first-order valence-corrected chi connectivity index (χ1v) is 6.88. The molecule has 0 unspecified atom stereocenters. The van der Waals surface area contributed by atoms with E-state index in [0.29, 0.717) is 17.1 Å². The molecule has 0 spiro atoms. The number of nitrogens with two attached hydrogens (primary N) is 1. The van der Waals surface area contributed by atoms with Gasteiger partial charge in [-0.2, -0.15) is 0 Å². The predicted molar refractivity (Wildman–Crippen MR) is 86.6 cm³/mol. The van der Waals surface area contributed by atoms with Crippen molar-refractivity contribution < 1.29 is 9.53 Å². The number of carbonyl (C=O) groups excluding carboxylic acids is 1. The van der Waals surface area contributed by atoms with E-state index < -0.39 is 5.91 Å². The van der Waals surface area contributed by atoms with Gasteiger partial charge < -0.3 is 15.8 Å². The van der Waals surface area contributed by atoms with Crippen LogP contribution in [-0.4, -0.2) is 13.0 Å². The summed E-state index contributed by atoms with van der Waals surface area (Å²) >= 11 is 12.0. The molecular weight excluding hydrogens is 311 g/mol. The second-order valence-electron chi connectivity index (χ2n) is 4.52. The van der Waals surface area contributed by atoms with Crippen LogP contribution in [0.4, 0.5) is 11.4 Å². The number of benzene rings is 2. The molecule has 0 saturated carbocycles. The van der Waals surface area contributed by atoms with Crippen LogP contribution in [0.3, 0.4) is 0 Å². The summed E-state index contributed by atoms with van der Waals surface area (Å²) in [6, 6.07) is 8.44. The zero-order chi connectivity index (χ0) is 15.6. The van der Waals surface area contributed by atoms with Crippen LogP contribution < -0.4 is 15.8 Å².